The molecule has 0 radical (unpaired) electrons. The molecule has 0 saturated heterocycles. The van der Waals surface area contributed by atoms with E-state index in [2.05, 4.69) is 17.6 Å². The number of thiocarbonyl (C=S) groups is 1. The molecule has 0 aromatic heterocycles. The Morgan fingerprint density at radius 2 is 1.84 bits per heavy atom. The van der Waals surface area contributed by atoms with Crippen molar-refractivity contribution < 1.29 is 19.0 Å². The highest BCUT2D eigenvalue weighted by molar-refractivity contribution is 7.80. The monoisotopic (exact) mass is 454 g/mol. The quantitative estimate of drug-likeness (QED) is 0.304. The van der Waals surface area contributed by atoms with Gasteiger partial charge >= 0.3 is 5.97 Å². The minimum Gasteiger partial charge on any atom is -0.490 e. The lowest BCUT2D eigenvalue weighted by Gasteiger charge is -2.30. The predicted molar refractivity (Wildman–Crippen MR) is 129 cm³/mol. The Bertz CT molecular complexity index is 975. The molecule has 32 heavy (non-hydrogen) atoms. The largest absolute Gasteiger partial charge is 0.490 e. The molecule has 0 aliphatic carbocycles. The first-order valence-corrected chi connectivity index (χ1v) is 11.3. The summed E-state index contributed by atoms with van der Waals surface area (Å²) < 4.78 is 17.3. The van der Waals surface area contributed by atoms with Gasteiger partial charge in [0.2, 0.25) is 0 Å². The average molecular weight is 455 g/mol. The van der Waals surface area contributed by atoms with Crippen LogP contribution in [0.15, 0.2) is 59.8 Å². The molecule has 7 heteroatoms. The summed E-state index contributed by atoms with van der Waals surface area (Å²) in [4.78, 5) is 13.1. The summed E-state index contributed by atoms with van der Waals surface area (Å²) in [6.45, 7) is 7.20. The van der Waals surface area contributed by atoms with Crippen molar-refractivity contribution in [3.63, 3.8) is 0 Å². The number of benzene rings is 2. The summed E-state index contributed by atoms with van der Waals surface area (Å²) in [6, 6.07) is 14.8. The highest BCUT2D eigenvalue weighted by Gasteiger charge is 2.31. The molecule has 1 aliphatic rings. The van der Waals surface area contributed by atoms with Crippen LogP contribution in [-0.4, -0.2) is 24.3 Å². The zero-order chi connectivity index (χ0) is 22.9. The molecule has 0 amide bonds. The number of esters is 1. The number of allylic oxidation sites excluding steroid dienone is 1. The van der Waals surface area contributed by atoms with E-state index in [0.717, 1.165) is 24.0 Å². The summed E-state index contributed by atoms with van der Waals surface area (Å²) in [5, 5.41) is 6.69. The Morgan fingerprint density at radius 1 is 1.06 bits per heavy atom. The Labute approximate surface area is 194 Å². The van der Waals surface area contributed by atoms with Gasteiger partial charge in [-0.25, -0.2) is 4.79 Å². The third kappa shape index (κ3) is 6.01. The van der Waals surface area contributed by atoms with Crippen LogP contribution in [-0.2, 0) is 16.1 Å². The molecule has 0 unspecified atom stereocenters. The first-order valence-electron chi connectivity index (χ1n) is 10.9. The van der Waals surface area contributed by atoms with E-state index < -0.39 is 12.0 Å². The van der Waals surface area contributed by atoms with Crippen molar-refractivity contribution in [1.82, 2.24) is 10.6 Å². The number of carbonyl (C=O) groups is 1. The van der Waals surface area contributed by atoms with Crippen LogP contribution in [0.25, 0.3) is 0 Å². The summed E-state index contributed by atoms with van der Waals surface area (Å²) in [6.07, 6.45) is 2.02. The lowest BCUT2D eigenvalue weighted by molar-refractivity contribution is -0.140. The van der Waals surface area contributed by atoms with Gasteiger partial charge in [0.1, 0.15) is 6.61 Å². The van der Waals surface area contributed by atoms with E-state index in [0.29, 0.717) is 41.1 Å². The van der Waals surface area contributed by atoms with Gasteiger partial charge in [0, 0.05) is 5.70 Å². The third-order valence-corrected chi connectivity index (χ3v) is 5.28. The molecule has 2 aromatic rings. The molecule has 6 nitrogen and oxygen atoms in total. The highest BCUT2D eigenvalue weighted by atomic mass is 32.1. The van der Waals surface area contributed by atoms with Crippen molar-refractivity contribution in [3.05, 3.63) is 70.9 Å². The molecule has 0 bridgehead atoms. The fourth-order valence-corrected chi connectivity index (χ4v) is 3.70. The fraction of sp³-hybridized carbons (Fsp3) is 0.360. The van der Waals surface area contributed by atoms with Crippen LogP contribution in [0.4, 0.5) is 0 Å². The van der Waals surface area contributed by atoms with E-state index in [1.807, 2.05) is 62.4 Å². The fourth-order valence-electron chi connectivity index (χ4n) is 3.43. The Balaban J connectivity index is 1.86. The maximum Gasteiger partial charge on any atom is 0.338 e. The number of unbranched alkanes of at least 4 members (excludes halogenated alkanes) is 1. The van der Waals surface area contributed by atoms with Crippen molar-refractivity contribution >= 4 is 23.3 Å². The second-order valence-corrected chi connectivity index (χ2v) is 7.88. The van der Waals surface area contributed by atoms with Gasteiger partial charge in [0.25, 0.3) is 0 Å². The van der Waals surface area contributed by atoms with Gasteiger partial charge in [0.15, 0.2) is 16.6 Å². The predicted octanol–water partition coefficient (Wildman–Crippen LogP) is 4.80. The van der Waals surface area contributed by atoms with Gasteiger partial charge in [-0.3, -0.25) is 0 Å². The molecule has 170 valence electrons. The number of nitrogens with one attached hydrogen (secondary N) is 2. The third-order valence-electron chi connectivity index (χ3n) is 5.06. The zero-order valence-electron chi connectivity index (χ0n) is 18.8. The average Bonchev–Trinajstić information content (AvgIpc) is 2.79. The lowest BCUT2D eigenvalue weighted by atomic mass is 9.95. The summed E-state index contributed by atoms with van der Waals surface area (Å²) >= 11 is 5.36. The lowest BCUT2D eigenvalue weighted by Crippen LogP contribution is -2.45. The molecule has 1 heterocycles. The molecule has 2 N–H and O–H groups in total. The van der Waals surface area contributed by atoms with Crippen LogP contribution in [0.5, 0.6) is 11.5 Å². The van der Waals surface area contributed by atoms with E-state index >= 15 is 0 Å². The van der Waals surface area contributed by atoms with Gasteiger partial charge in [0.05, 0.1) is 24.8 Å². The van der Waals surface area contributed by atoms with Gasteiger partial charge in [-0.15, -0.1) is 0 Å². The first kappa shape index (κ1) is 23.6. The number of hydrogen-bond acceptors (Lipinski definition) is 5. The van der Waals surface area contributed by atoms with Crippen LogP contribution in [0.3, 0.4) is 0 Å². The molecule has 0 spiro atoms. The van der Waals surface area contributed by atoms with Crippen molar-refractivity contribution in [2.24, 2.45) is 0 Å². The van der Waals surface area contributed by atoms with Gasteiger partial charge in [-0.05, 0) is 55.7 Å². The first-order chi connectivity index (χ1) is 15.5. The van der Waals surface area contributed by atoms with Crippen LogP contribution in [0.1, 0.15) is 50.8 Å². The topological polar surface area (TPSA) is 68.8 Å². The van der Waals surface area contributed by atoms with Gasteiger partial charge in [-0.1, -0.05) is 49.7 Å². The molecule has 3 rings (SSSR count). The van der Waals surface area contributed by atoms with Crippen molar-refractivity contribution in [3.8, 4) is 11.5 Å². The minimum absolute atomic E-state index is 0.196. The summed E-state index contributed by atoms with van der Waals surface area (Å²) in [5.41, 5.74) is 2.91. The molecule has 1 aliphatic heterocycles. The van der Waals surface area contributed by atoms with E-state index in [1.165, 1.54) is 0 Å². The minimum atomic E-state index is -0.462. The van der Waals surface area contributed by atoms with Gasteiger partial charge in [-0.2, -0.15) is 0 Å². The second kappa shape index (κ2) is 11.5. The van der Waals surface area contributed by atoms with Crippen molar-refractivity contribution in [2.75, 3.05) is 13.2 Å². The van der Waals surface area contributed by atoms with E-state index in [4.69, 9.17) is 26.4 Å². The smallest absolute Gasteiger partial charge is 0.338 e. The van der Waals surface area contributed by atoms with Crippen LogP contribution in [0, 0.1) is 0 Å². The normalized spacial score (nSPS) is 15.6. The van der Waals surface area contributed by atoms with E-state index in [9.17, 15) is 4.79 Å². The van der Waals surface area contributed by atoms with Crippen molar-refractivity contribution in [1.29, 1.82) is 0 Å². The van der Waals surface area contributed by atoms with Crippen LogP contribution >= 0.6 is 12.2 Å². The molecule has 0 saturated carbocycles. The molecular weight excluding hydrogens is 424 g/mol. The number of ether oxygens (including phenoxy) is 3. The van der Waals surface area contributed by atoms with Crippen LogP contribution in [0.2, 0.25) is 0 Å². The molecule has 1 atom stereocenters. The summed E-state index contributed by atoms with van der Waals surface area (Å²) in [5.74, 6) is 0.927. The van der Waals surface area contributed by atoms with Crippen molar-refractivity contribution in [2.45, 2.75) is 46.3 Å². The Kier molecular flexibility index (Phi) is 8.50. The van der Waals surface area contributed by atoms with Crippen LogP contribution < -0.4 is 20.1 Å². The standard InChI is InChI=1S/C25H30N2O4S/c1-4-6-14-30-20-13-12-19(15-21(20)29-5-2)23-22(17(3)26-25(32)27-23)24(28)31-16-18-10-8-7-9-11-18/h7-13,15,23H,4-6,14,16H2,1-3H3,(H2,26,27,32)/t23-/m1/s1. The number of hydrogen-bond donors (Lipinski definition) is 2. The zero-order valence-corrected chi connectivity index (χ0v) is 19.6. The summed E-state index contributed by atoms with van der Waals surface area (Å²) in [7, 11) is 0. The Hall–Kier alpha value is -3.06. The molecular formula is C25H30N2O4S. The maximum absolute atomic E-state index is 13.1. The number of rotatable bonds is 10. The SMILES string of the molecule is CCCCOc1ccc([C@H]2NC(=S)NC(C)=C2C(=O)OCc2ccccc2)cc1OCC. The second-order valence-electron chi connectivity index (χ2n) is 7.47. The van der Waals surface area contributed by atoms with Gasteiger partial charge < -0.3 is 24.8 Å². The molecule has 0 fully saturated rings. The van der Waals surface area contributed by atoms with E-state index in [-0.39, 0.29) is 6.61 Å². The maximum atomic E-state index is 13.1. The number of carbonyl (C=O) groups excluding carboxylic acids is 1. The molecule has 2 aromatic carbocycles. The highest BCUT2D eigenvalue weighted by Crippen LogP contribution is 2.35. The Morgan fingerprint density at radius 3 is 2.56 bits per heavy atom. The van der Waals surface area contributed by atoms with E-state index in [1.54, 1.807) is 0 Å².